The average Bonchev–Trinajstić information content (AvgIpc) is 2.29. The molecule has 0 saturated heterocycles. The predicted octanol–water partition coefficient (Wildman–Crippen LogP) is 1.21. The van der Waals surface area contributed by atoms with Crippen molar-refractivity contribution in [1.29, 1.82) is 0 Å². The molecule has 0 radical (unpaired) electrons. The van der Waals surface area contributed by atoms with Crippen LogP contribution in [0.5, 0.6) is 0 Å². The molecule has 1 aromatic carbocycles. The van der Waals surface area contributed by atoms with E-state index in [4.69, 9.17) is 0 Å². The van der Waals surface area contributed by atoms with Crippen LogP contribution in [0.2, 0.25) is 0 Å². The summed E-state index contributed by atoms with van der Waals surface area (Å²) >= 11 is 0. The highest BCUT2D eigenvalue weighted by molar-refractivity contribution is 5.22. The molecule has 90 valence electrons. The number of benzene rings is 1. The first-order chi connectivity index (χ1) is 7.58. The molecule has 0 heterocycles. The summed E-state index contributed by atoms with van der Waals surface area (Å²) in [6, 6.07) is 9.36. The summed E-state index contributed by atoms with van der Waals surface area (Å²) in [7, 11) is 4.00. The Labute approximate surface area is 97.3 Å². The van der Waals surface area contributed by atoms with Crippen molar-refractivity contribution in [3.63, 3.8) is 0 Å². The quantitative estimate of drug-likeness (QED) is 0.762. The molecule has 0 fully saturated rings. The summed E-state index contributed by atoms with van der Waals surface area (Å²) in [6.07, 6.45) is 1.44. The van der Waals surface area contributed by atoms with Gasteiger partial charge in [0.15, 0.2) is 0 Å². The van der Waals surface area contributed by atoms with Gasteiger partial charge >= 0.3 is 0 Å². The van der Waals surface area contributed by atoms with Gasteiger partial charge in [0, 0.05) is 0 Å². The van der Waals surface area contributed by atoms with E-state index in [1.54, 1.807) is 0 Å². The fourth-order valence-electron chi connectivity index (χ4n) is 1.75. The SMILES string of the molecule is CN(C)CCC[C@@](O)(CO)c1ccccc1. The molecule has 1 atom stereocenters. The number of nitrogens with zero attached hydrogens (tertiary/aromatic N) is 1. The molecule has 0 aliphatic carbocycles. The molecule has 0 aliphatic rings. The maximum absolute atomic E-state index is 10.3. The van der Waals surface area contributed by atoms with Crippen LogP contribution in [-0.4, -0.2) is 42.4 Å². The summed E-state index contributed by atoms with van der Waals surface area (Å²) in [4.78, 5) is 2.07. The Morgan fingerprint density at radius 2 is 1.81 bits per heavy atom. The molecular weight excluding hydrogens is 202 g/mol. The van der Waals surface area contributed by atoms with Crippen LogP contribution < -0.4 is 0 Å². The van der Waals surface area contributed by atoms with Crippen LogP contribution in [0.3, 0.4) is 0 Å². The third-order valence-corrected chi connectivity index (χ3v) is 2.77. The van der Waals surface area contributed by atoms with Gasteiger partial charge in [0.1, 0.15) is 5.60 Å². The lowest BCUT2D eigenvalue weighted by molar-refractivity contribution is -0.0286. The van der Waals surface area contributed by atoms with Crippen LogP contribution in [0.4, 0.5) is 0 Å². The van der Waals surface area contributed by atoms with Crippen molar-refractivity contribution in [2.75, 3.05) is 27.2 Å². The number of hydrogen-bond acceptors (Lipinski definition) is 3. The van der Waals surface area contributed by atoms with Crippen LogP contribution in [-0.2, 0) is 5.60 Å². The van der Waals surface area contributed by atoms with E-state index >= 15 is 0 Å². The lowest BCUT2D eigenvalue weighted by Crippen LogP contribution is -2.31. The van der Waals surface area contributed by atoms with Crippen LogP contribution in [0.1, 0.15) is 18.4 Å². The molecule has 1 aromatic rings. The van der Waals surface area contributed by atoms with E-state index in [0.717, 1.165) is 18.5 Å². The van der Waals surface area contributed by atoms with Gasteiger partial charge in [0.25, 0.3) is 0 Å². The predicted molar refractivity (Wildman–Crippen MR) is 65.2 cm³/mol. The Kier molecular flexibility index (Phi) is 4.93. The zero-order valence-electron chi connectivity index (χ0n) is 10.1. The highest BCUT2D eigenvalue weighted by atomic mass is 16.3. The fraction of sp³-hybridized carbons (Fsp3) is 0.538. The van der Waals surface area contributed by atoms with Crippen molar-refractivity contribution in [2.24, 2.45) is 0 Å². The maximum Gasteiger partial charge on any atom is 0.113 e. The summed E-state index contributed by atoms with van der Waals surface area (Å²) in [5.41, 5.74) is -0.312. The van der Waals surface area contributed by atoms with Gasteiger partial charge in [-0.1, -0.05) is 30.3 Å². The van der Waals surface area contributed by atoms with Crippen LogP contribution in [0.15, 0.2) is 30.3 Å². The van der Waals surface area contributed by atoms with Crippen LogP contribution >= 0.6 is 0 Å². The van der Waals surface area contributed by atoms with Crippen molar-refractivity contribution in [2.45, 2.75) is 18.4 Å². The molecule has 1 rings (SSSR count). The van der Waals surface area contributed by atoms with E-state index in [-0.39, 0.29) is 6.61 Å². The highest BCUT2D eigenvalue weighted by Gasteiger charge is 2.27. The third kappa shape index (κ3) is 3.59. The Morgan fingerprint density at radius 1 is 1.19 bits per heavy atom. The smallest absolute Gasteiger partial charge is 0.113 e. The normalized spacial score (nSPS) is 15.1. The minimum absolute atomic E-state index is 0.232. The molecule has 0 aromatic heterocycles. The summed E-state index contributed by atoms with van der Waals surface area (Å²) in [5, 5.41) is 19.7. The van der Waals surface area contributed by atoms with E-state index in [2.05, 4.69) is 4.90 Å². The first-order valence-electron chi connectivity index (χ1n) is 5.62. The van der Waals surface area contributed by atoms with Gasteiger partial charge < -0.3 is 15.1 Å². The van der Waals surface area contributed by atoms with Crippen molar-refractivity contribution < 1.29 is 10.2 Å². The Morgan fingerprint density at radius 3 is 2.31 bits per heavy atom. The van der Waals surface area contributed by atoms with Gasteiger partial charge in [-0.05, 0) is 39.0 Å². The van der Waals surface area contributed by atoms with E-state index in [1.807, 2.05) is 44.4 Å². The molecule has 0 unspecified atom stereocenters. The Bertz CT molecular complexity index is 300. The monoisotopic (exact) mass is 223 g/mol. The second kappa shape index (κ2) is 5.99. The van der Waals surface area contributed by atoms with Gasteiger partial charge in [0.05, 0.1) is 6.61 Å². The molecule has 16 heavy (non-hydrogen) atoms. The molecule has 0 amide bonds. The minimum atomic E-state index is -1.10. The van der Waals surface area contributed by atoms with Gasteiger partial charge in [-0.2, -0.15) is 0 Å². The molecule has 0 aliphatic heterocycles. The first-order valence-corrected chi connectivity index (χ1v) is 5.62. The van der Waals surface area contributed by atoms with E-state index in [0.29, 0.717) is 6.42 Å². The first kappa shape index (κ1) is 13.2. The molecule has 0 saturated carbocycles. The van der Waals surface area contributed by atoms with Gasteiger partial charge in [-0.3, -0.25) is 0 Å². The van der Waals surface area contributed by atoms with Crippen molar-refractivity contribution in [3.8, 4) is 0 Å². The Hall–Kier alpha value is -0.900. The molecule has 0 bridgehead atoms. The number of hydrogen-bond donors (Lipinski definition) is 2. The van der Waals surface area contributed by atoms with Crippen molar-refractivity contribution >= 4 is 0 Å². The molecule has 2 N–H and O–H groups in total. The molecule has 3 nitrogen and oxygen atoms in total. The summed E-state index contributed by atoms with van der Waals surface area (Å²) in [5.74, 6) is 0. The second-order valence-corrected chi connectivity index (χ2v) is 4.46. The van der Waals surface area contributed by atoms with Gasteiger partial charge in [-0.15, -0.1) is 0 Å². The van der Waals surface area contributed by atoms with Crippen LogP contribution in [0.25, 0.3) is 0 Å². The summed E-state index contributed by atoms with van der Waals surface area (Å²) in [6.45, 7) is 0.680. The minimum Gasteiger partial charge on any atom is -0.393 e. The molecular formula is C13H21NO2. The topological polar surface area (TPSA) is 43.7 Å². The largest absolute Gasteiger partial charge is 0.393 e. The second-order valence-electron chi connectivity index (χ2n) is 4.46. The highest BCUT2D eigenvalue weighted by Crippen LogP contribution is 2.25. The van der Waals surface area contributed by atoms with Gasteiger partial charge in [0.2, 0.25) is 0 Å². The average molecular weight is 223 g/mol. The summed E-state index contributed by atoms with van der Waals surface area (Å²) < 4.78 is 0. The standard InChI is InChI=1S/C13H21NO2/c1-14(2)10-6-9-13(16,11-15)12-7-4-3-5-8-12/h3-5,7-8,15-16H,6,9-11H2,1-2H3/t13-/m1/s1. The zero-order valence-corrected chi connectivity index (χ0v) is 10.1. The maximum atomic E-state index is 10.3. The number of aliphatic hydroxyl groups excluding tert-OH is 1. The van der Waals surface area contributed by atoms with Crippen LogP contribution in [0, 0.1) is 0 Å². The third-order valence-electron chi connectivity index (χ3n) is 2.77. The van der Waals surface area contributed by atoms with Gasteiger partial charge in [-0.25, -0.2) is 0 Å². The number of rotatable bonds is 6. The van der Waals surface area contributed by atoms with E-state index < -0.39 is 5.60 Å². The number of aliphatic hydroxyl groups is 2. The lowest BCUT2D eigenvalue weighted by Gasteiger charge is -2.27. The molecule has 3 heteroatoms. The molecule has 0 spiro atoms. The zero-order chi connectivity index (χ0) is 12.0. The van der Waals surface area contributed by atoms with Crippen molar-refractivity contribution in [1.82, 2.24) is 4.90 Å². The lowest BCUT2D eigenvalue weighted by atomic mass is 9.90. The van der Waals surface area contributed by atoms with E-state index in [1.165, 1.54) is 0 Å². The fourth-order valence-corrected chi connectivity index (χ4v) is 1.75. The van der Waals surface area contributed by atoms with E-state index in [9.17, 15) is 10.2 Å². The van der Waals surface area contributed by atoms with Crippen molar-refractivity contribution in [3.05, 3.63) is 35.9 Å². The Balaban J connectivity index is 2.63.